The van der Waals surface area contributed by atoms with Crippen molar-refractivity contribution in [2.24, 2.45) is 17.8 Å². The molecule has 3 aliphatic heterocycles. The Morgan fingerprint density at radius 1 is 0.750 bits per heavy atom. The standard InChI is InChI=1S/C36H62O3.C29H32N2O6/c1-8-9-10-11-12-13-22-34(37)38-33-26-31(6)35-32(27-33)23-25-36(7,39-35)24-16-21-30(5)20-15-19-29(4)18-14-17-28(2)3;1-4-7-8-9-10-25(32)37-17-11-12-23-19(13-17)18(5-2)20-15-31-24(26(20)30-23)14-22-21(27(31)33)16-36-28(34)29(22,35)6-3/h26-30H,8-25H2,1-7H3;11-14,35H,4-10,15-16H2,1-3H3/t29-,30-,36-;29-/m10/s1. The molecule has 0 radical (unpaired) electrons. The van der Waals surface area contributed by atoms with Gasteiger partial charge in [-0.2, -0.15) is 0 Å². The number of aromatic nitrogens is 2. The largest absolute Gasteiger partial charge is 0.487 e. The molecule has 418 valence electrons. The lowest BCUT2D eigenvalue weighted by molar-refractivity contribution is -0.172. The van der Waals surface area contributed by atoms with E-state index in [1.54, 1.807) is 23.6 Å². The van der Waals surface area contributed by atoms with Crippen LogP contribution in [0.5, 0.6) is 17.2 Å². The maximum absolute atomic E-state index is 13.5. The molecule has 0 saturated carbocycles. The fourth-order valence-electron chi connectivity index (χ4n) is 11.6. The Hall–Kier alpha value is -5.03. The molecule has 2 aromatic heterocycles. The molecule has 0 aliphatic carbocycles. The van der Waals surface area contributed by atoms with Crippen LogP contribution in [-0.2, 0) is 50.7 Å². The van der Waals surface area contributed by atoms with E-state index in [-0.39, 0.29) is 36.1 Å². The fraction of sp³-hybridized carbons (Fsp3) is 0.646. The molecule has 4 atom stereocenters. The smallest absolute Gasteiger partial charge is 0.343 e. The molecule has 2 aromatic carbocycles. The predicted molar refractivity (Wildman–Crippen MR) is 305 cm³/mol. The van der Waals surface area contributed by atoms with Crippen LogP contribution in [0.25, 0.3) is 22.3 Å². The van der Waals surface area contributed by atoms with Crippen LogP contribution in [0.3, 0.4) is 0 Å². The highest BCUT2D eigenvalue weighted by Gasteiger charge is 2.45. The molecule has 0 unspecified atom stereocenters. The first kappa shape index (κ1) is 60.2. The molecular formula is C65H94N2O9. The van der Waals surface area contributed by atoms with Gasteiger partial charge >= 0.3 is 17.9 Å². The van der Waals surface area contributed by atoms with E-state index in [4.69, 9.17) is 23.9 Å². The number of esters is 3. The Labute approximate surface area is 455 Å². The maximum Gasteiger partial charge on any atom is 0.343 e. The molecule has 76 heavy (non-hydrogen) atoms. The number of fused-ring (bicyclic) bond motifs is 6. The van der Waals surface area contributed by atoms with Gasteiger partial charge in [0.2, 0.25) is 0 Å². The van der Waals surface area contributed by atoms with Gasteiger partial charge in [0.15, 0.2) is 5.60 Å². The molecule has 1 N–H and O–H groups in total. The number of carbonyl (C=O) groups excluding carboxylic acids is 3. The Balaban J connectivity index is 0.000000247. The number of pyridine rings is 2. The average molecular weight is 1050 g/mol. The SMILES string of the molecule is CCCCCCC(=O)Oc1ccc2nc3c(c(CC)c2c1)Cn1c-3cc2c(c1=O)COC(=O)[C@]2(O)CC.CCCCCCCCC(=O)Oc1cc(C)c2c(c1)CC[C@@](C)(CCC[C@H](C)CCC[C@H](C)CCCC(C)C)O2. The van der Waals surface area contributed by atoms with Gasteiger partial charge in [-0.3, -0.25) is 14.4 Å². The molecule has 0 spiro atoms. The number of ether oxygens (including phenoxy) is 4. The predicted octanol–water partition coefficient (Wildman–Crippen LogP) is 15.7. The van der Waals surface area contributed by atoms with Crippen LogP contribution in [-0.4, -0.2) is 38.2 Å². The summed E-state index contributed by atoms with van der Waals surface area (Å²) in [5.41, 5.74) is 4.56. The molecule has 5 heterocycles. The van der Waals surface area contributed by atoms with Crippen molar-refractivity contribution in [3.05, 3.63) is 80.1 Å². The van der Waals surface area contributed by atoms with Gasteiger partial charge in [-0.15, -0.1) is 0 Å². The molecule has 4 aromatic rings. The Morgan fingerprint density at radius 3 is 2.01 bits per heavy atom. The normalized spacial score (nSPS) is 18.1. The van der Waals surface area contributed by atoms with Crippen molar-refractivity contribution < 1.29 is 38.4 Å². The summed E-state index contributed by atoms with van der Waals surface area (Å²) in [6.07, 6.45) is 26.7. The second kappa shape index (κ2) is 28.6. The highest BCUT2D eigenvalue weighted by molar-refractivity contribution is 5.90. The van der Waals surface area contributed by atoms with E-state index < -0.39 is 11.6 Å². The van der Waals surface area contributed by atoms with Gasteiger partial charge in [-0.1, -0.05) is 152 Å². The molecule has 0 bridgehead atoms. The van der Waals surface area contributed by atoms with E-state index in [0.29, 0.717) is 59.8 Å². The number of aliphatic hydroxyl groups is 1. The Kier molecular flexibility index (Phi) is 22.6. The molecule has 3 aliphatic rings. The number of carbonyl (C=O) groups is 3. The zero-order chi connectivity index (χ0) is 55.0. The first-order valence-electron chi connectivity index (χ1n) is 29.8. The number of unbranched alkanes of at least 4 members (excludes halogenated alkanes) is 8. The van der Waals surface area contributed by atoms with E-state index in [0.717, 1.165) is 109 Å². The Morgan fingerprint density at radius 2 is 1.37 bits per heavy atom. The number of rotatable bonds is 28. The third kappa shape index (κ3) is 15.8. The van der Waals surface area contributed by atoms with Gasteiger partial charge in [0.05, 0.1) is 29.0 Å². The summed E-state index contributed by atoms with van der Waals surface area (Å²) >= 11 is 0. The van der Waals surface area contributed by atoms with Crippen LogP contribution in [0.15, 0.2) is 41.2 Å². The highest BCUT2D eigenvalue weighted by Crippen LogP contribution is 2.43. The zero-order valence-corrected chi connectivity index (χ0v) is 48.4. The summed E-state index contributed by atoms with van der Waals surface area (Å²) in [7, 11) is 0. The number of nitrogens with zero attached hydrogens (tertiary/aromatic N) is 2. The lowest BCUT2D eigenvalue weighted by Gasteiger charge is -2.37. The van der Waals surface area contributed by atoms with Crippen molar-refractivity contribution in [1.29, 1.82) is 0 Å². The number of cyclic esters (lactones) is 1. The van der Waals surface area contributed by atoms with Gasteiger partial charge in [0.25, 0.3) is 5.56 Å². The van der Waals surface area contributed by atoms with Crippen LogP contribution in [0, 0.1) is 24.7 Å². The van der Waals surface area contributed by atoms with Crippen molar-refractivity contribution in [3.8, 4) is 28.6 Å². The topological polar surface area (TPSA) is 143 Å². The molecule has 11 nitrogen and oxygen atoms in total. The highest BCUT2D eigenvalue weighted by atomic mass is 16.6. The molecular weight excluding hydrogens is 953 g/mol. The summed E-state index contributed by atoms with van der Waals surface area (Å²) in [6, 6.07) is 11.2. The molecule has 0 amide bonds. The minimum atomic E-state index is -1.86. The zero-order valence-electron chi connectivity index (χ0n) is 48.4. The van der Waals surface area contributed by atoms with E-state index in [2.05, 4.69) is 55.4 Å². The number of aryl methyl sites for hydroxylation is 3. The first-order chi connectivity index (χ1) is 36.4. The lowest BCUT2D eigenvalue weighted by Crippen LogP contribution is -2.44. The van der Waals surface area contributed by atoms with Gasteiger partial charge in [0.1, 0.15) is 29.5 Å². The quantitative estimate of drug-likeness (QED) is 0.0292. The van der Waals surface area contributed by atoms with E-state index >= 15 is 0 Å². The minimum absolute atomic E-state index is 0.0973. The van der Waals surface area contributed by atoms with Gasteiger partial charge in [0, 0.05) is 29.4 Å². The summed E-state index contributed by atoms with van der Waals surface area (Å²) in [5.74, 6) is 3.59. The van der Waals surface area contributed by atoms with Crippen LogP contribution in [0.2, 0.25) is 0 Å². The third-order valence-electron chi connectivity index (χ3n) is 16.4. The fourth-order valence-corrected chi connectivity index (χ4v) is 11.6. The van der Waals surface area contributed by atoms with Crippen molar-refractivity contribution in [3.63, 3.8) is 0 Å². The average Bonchev–Trinajstić information content (AvgIpc) is 3.76. The second-order valence-electron chi connectivity index (χ2n) is 23.5. The maximum atomic E-state index is 13.5. The summed E-state index contributed by atoms with van der Waals surface area (Å²) in [5, 5.41) is 12.0. The lowest BCUT2D eigenvalue weighted by atomic mass is 9.85. The first-order valence-corrected chi connectivity index (χ1v) is 29.8. The monoisotopic (exact) mass is 1050 g/mol. The third-order valence-corrected chi connectivity index (χ3v) is 16.4. The van der Waals surface area contributed by atoms with E-state index in [1.807, 2.05) is 31.2 Å². The summed E-state index contributed by atoms with van der Waals surface area (Å²) in [6.45, 7) is 22.2. The van der Waals surface area contributed by atoms with Crippen molar-refractivity contribution in [1.82, 2.24) is 9.55 Å². The summed E-state index contributed by atoms with van der Waals surface area (Å²) in [4.78, 5) is 55.4. The Bertz CT molecular complexity index is 2650. The number of hydrogen-bond acceptors (Lipinski definition) is 10. The van der Waals surface area contributed by atoms with Crippen LogP contribution in [0.1, 0.15) is 243 Å². The second-order valence-corrected chi connectivity index (χ2v) is 23.5. The minimum Gasteiger partial charge on any atom is -0.487 e. The van der Waals surface area contributed by atoms with E-state index in [9.17, 15) is 24.3 Å². The van der Waals surface area contributed by atoms with Gasteiger partial charge < -0.3 is 28.6 Å². The number of benzene rings is 2. The molecule has 11 heteroatoms. The van der Waals surface area contributed by atoms with Crippen molar-refractivity contribution in [2.45, 2.75) is 254 Å². The van der Waals surface area contributed by atoms with Crippen LogP contribution < -0.4 is 19.8 Å². The van der Waals surface area contributed by atoms with Gasteiger partial charge in [-0.25, -0.2) is 9.78 Å². The van der Waals surface area contributed by atoms with E-state index in [1.165, 1.54) is 82.6 Å². The molecule has 0 fully saturated rings. The molecule has 7 rings (SSSR count). The van der Waals surface area contributed by atoms with Crippen molar-refractivity contribution in [2.75, 3.05) is 0 Å². The van der Waals surface area contributed by atoms with Crippen molar-refractivity contribution >= 4 is 28.8 Å². The molecule has 0 saturated heterocycles. The summed E-state index contributed by atoms with van der Waals surface area (Å²) < 4.78 is 24.8. The van der Waals surface area contributed by atoms with Gasteiger partial charge in [-0.05, 0) is 136 Å². The van der Waals surface area contributed by atoms with Crippen LogP contribution in [0.4, 0.5) is 0 Å². The van der Waals surface area contributed by atoms with Crippen LogP contribution >= 0.6 is 0 Å². The number of hydrogen-bond donors (Lipinski definition) is 1.